The van der Waals surface area contributed by atoms with Crippen LogP contribution in [0, 0.1) is 0 Å². The van der Waals surface area contributed by atoms with Gasteiger partial charge in [0.1, 0.15) is 27.1 Å². The Hall–Kier alpha value is -3.56. The average Bonchev–Trinajstić information content (AvgIpc) is 3.32. The van der Waals surface area contributed by atoms with Crippen LogP contribution in [0.25, 0.3) is 0 Å². The number of aliphatic carboxylic acids is 2. The molecule has 1 fully saturated rings. The summed E-state index contributed by atoms with van der Waals surface area (Å²) < 4.78 is 0.0141. The number of nitrogens with zero attached hydrogens (tertiary/aromatic N) is 4. The van der Waals surface area contributed by atoms with Crippen molar-refractivity contribution in [2.75, 3.05) is 23.8 Å². The summed E-state index contributed by atoms with van der Waals surface area (Å²) in [5.74, 6) is -3.46. The Balaban J connectivity index is 1.39. The molecule has 4 heterocycles. The summed E-state index contributed by atoms with van der Waals surface area (Å²) in [4.78, 5) is 71.2. The standard InChI is InChI=1S/C24H25ClN8O8S4/c25-18-14(31-24(27)45-18)15(32-41)20(37)30-16-21(38)33-17(23(39)40)12(8-43-22(16)33)44-11-1-2-28-6-9(11)7-42-4-3-29-19(36)10(26)5-13(34)35/h1-2,6,10,16,22,41H,3-5,7-8,26H2,(H2,27,31)(H,29,36)(H,30,37)(H,34,35)(H,39,40)/b32-15-/t10-,16-,22-/m1/s1. The minimum Gasteiger partial charge on any atom is -0.481 e. The molecule has 0 saturated carbocycles. The number of carboxylic acid groups (broad SMARTS) is 2. The van der Waals surface area contributed by atoms with Gasteiger partial charge in [-0.3, -0.25) is 29.1 Å². The number of hydrogen-bond acceptors (Lipinski definition) is 15. The van der Waals surface area contributed by atoms with Gasteiger partial charge in [0.05, 0.1) is 12.5 Å². The van der Waals surface area contributed by atoms with Gasteiger partial charge in [-0.2, -0.15) is 11.8 Å². The van der Waals surface area contributed by atoms with Crippen molar-refractivity contribution in [3.05, 3.63) is 44.7 Å². The summed E-state index contributed by atoms with van der Waals surface area (Å²) in [7, 11) is 0. The van der Waals surface area contributed by atoms with E-state index in [4.69, 9.17) is 28.2 Å². The molecule has 2 aliphatic rings. The zero-order valence-corrected chi connectivity index (χ0v) is 26.9. The zero-order valence-electron chi connectivity index (χ0n) is 22.8. The molecule has 0 radical (unpaired) electrons. The van der Waals surface area contributed by atoms with E-state index in [-0.39, 0.29) is 33.2 Å². The number of β-lactam (4-membered cyclic amide) rings is 1. The third-order valence-electron chi connectivity index (χ3n) is 6.19. The molecule has 1 saturated heterocycles. The monoisotopic (exact) mass is 716 g/mol. The fraction of sp³-hybridized carbons (Fsp3) is 0.333. The SMILES string of the molecule is Nc1nc(/C(=N/O)C(=O)N[C@@H]2C(=O)N3C(C(=O)O)=C(Sc4ccncc4CSCCNC(=O)[C@H](N)CC(=O)O)CS[C@H]23)c(Cl)s1. The quantitative estimate of drug-likeness (QED) is 0.0464. The van der Waals surface area contributed by atoms with Crippen LogP contribution in [0.2, 0.25) is 4.34 Å². The predicted octanol–water partition coefficient (Wildman–Crippen LogP) is 0.592. The van der Waals surface area contributed by atoms with Crippen molar-refractivity contribution >= 4 is 98.7 Å². The number of carboxylic acids is 2. The molecule has 0 aliphatic carbocycles. The number of nitrogens with two attached hydrogens (primary N) is 2. The van der Waals surface area contributed by atoms with Gasteiger partial charge in [-0.1, -0.05) is 39.9 Å². The lowest BCUT2D eigenvalue weighted by molar-refractivity contribution is -0.150. The molecule has 21 heteroatoms. The lowest BCUT2D eigenvalue weighted by Gasteiger charge is -2.49. The van der Waals surface area contributed by atoms with Crippen LogP contribution in [-0.4, -0.2) is 101 Å². The number of halogens is 1. The molecule has 4 rings (SSSR count). The minimum atomic E-state index is -1.31. The second kappa shape index (κ2) is 15.1. The minimum absolute atomic E-state index is 0.0141. The van der Waals surface area contributed by atoms with E-state index >= 15 is 0 Å². The van der Waals surface area contributed by atoms with Gasteiger partial charge in [-0.15, -0.1) is 11.8 Å². The number of thiazole rings is 1. The Labute approximate surface area is 276 Å². The smallest absolute Gasteiger partial charge is 0.353 e. The highest BCUT2D eigenvalue weighted by Gasteiger charge is 2.54. The van der Waals surface area contributed by atoms with Crippen molar-refractivity contribution < 1.29 is 39.4 Å². The Bertz CT molecular complexity index is 1590. The highest BCUT2D eigenvalue weighted by molar-refractivity contribution is 8.06. The van der Waals surface area contributed by atoms with Crippen LogP contribution in [0.3, 0.4) is 0 Å². The van der Waals surface area contributed by atoms with E-state index in [1.54, 1.807) is 18.5 Å². The number of fused-ring (bicyclic) bond motifs is 1. The van der Waals surface area contributed by atoms with Gasteiger partial charge >= 0.3 is 11.9 Å². The second-order valence-corrected chi connectivity index (χ2v) is 14.2. The van der Waals surface area contributed by atoms with Crippen molar-refractivity contribution in [2.45, 2.75) is 34.5 Å². The number of rotatable bonds is 14. The van der Waals surface area contributed by atoms with Crippen LogP contribution in [-0.2, 0) is 29.7 Å². The van der Waals surface area contributed by atoms with E-state index in [1.807, 2.05) is 0 Å². The third kappa shape index (κ3) is 8.00. The molecule has 2 aromatic heterocycles. The molecular weight excluding hydrogens is 692 g/mol. The molecular formula is C24H25ClN8O8S4. The van der Waals surface area contributed by atoms with Gasteiger partial charge in [-0.05, 0) is 11.6 Å². The topological polar surface area (TPSA) is 264 Å². The number of carbonyl (C=O) groups is 5. The fourth-order valence-corrected chi connectivity index (χ4v) is 8.56. The van der Waals surface area contributed by atoms with E-state index in [1.165, 1.54) is 35.3 Å². The maximum atomic E-state index is 13.1. The first kappa shape index (κ1) is 34.3. The number of carbonyl (C=O) groups excluding carboxylic acids is 3. The summed E-state index contributed by atoms with van der Waals surface area (Å²) in [5, 5.41) is 35.6. The lowest BCUT2D eigenvalue weighted by atomic mass is 10.0. The van der Waals surface area contributed by atoms with Crippen molar-refractivity contribution in [3.8, 4) is 0 Å². The number of pyridine rings is 1. The number of anilines is 1. The van der Waals surface area contributed by atoms with Gasteiger partial charge in [0.15, 0.2) is 10.8 Å². The number of aromatic nitrogens is 2. The Morgan fingerprint density at radius 3 is 2.69 bits per heavy atom. The highest BCUT2D eigenvalue weighted by Crippen LogP contribution is 2.46. The van der Waals surface area contributed by atoms with E-state index in [9.17, 15) is 34.3 Å². The normalized spacial score (nSPS) is 18.6. The Kier molecular flexibility index (Phi) is 11.6. The molecule has 3 atom stereocenters. The summed E-state index contributed by atoms with van der Waals surface area (Å²) in [5.41, 5.74) is 11.0. The van der Waals surface area contributed by atoms with Gasteiger partial charge in [0, 0.05) is 46.0 Å². The predicted molar refractivity (Wildman–Crippen MR) is 169 cm³/mol. The summed E-state index contributed by atoms with van der Waals surface area (Å²) >= 11 is 10.8. The highest BCUT2D eigenvalue weighted by atomic mass is 35.5. The molecule has 240 valence electrons. The van der Waals surface area contributed by atoms with Crippen molar-refractivity contribution in [1.82, 2.24) is 25.5 Å². The zero-order chi connectivity index (χ0) is 32.8. The summed E-state index contributed by atoms with van der Waals surface area (Å²) in [6.07, 6.45) is 2.72. The number of nitrogens with one attached hydrogen (secondary N) is 2. The van der Waals surface area contributed by atoms with Crippen molar-refractivity contribution in [1.29, 1.82) is 0 Å². The number of oxime groups is 1. The van der Waals surface area contributed by atoms with Gasteiger partial charge in [0.25, 0.3) is 11.8 Å². The van der Waals surface area contributed by atoms with Crippen LogP contribution in [0.1, 0.15) is 17.7 Å². The number of nitrogen functional groups attached to an aromatic ring is 1. The molecule has 0 unspecified atom stereocenters. The number of thioether (sulfide) groups is 3. The van der Waals surface area contributed by atoms with E-state index in [0.717, 1.165) is 26.7 Å². The van der Waals surface area contributed by atoms with Crippen LogP contribution >= 0.6 is 58.2 Å². The average molecular weight is 717 g/mol. The first-order valence-electron chi connectivity index (χ1n) is 12.7. The maximum absolute atomic E-state index is 13.1. The summed E-state index contributed by atoms with van der Waals surface area (Å²) in [6.45, 7) is 0.261. The second-order valence-electron chi connectivity index (χ2n) is 9.19. The first-order chi connectivity index (χ1) is 21.4. The molecule has 45 heavy (non-hydrogen) atoms. The molecule has 16 nitrogen and oxygen atoms in total. The number of amides is 3. The molecule has 3 amide bonds. The van der Waals surface area contributed by atoms with Gasteiger partial charge in [-0.25, -0.2) is 9.78 Å². The van der Waals surface area contributed by atoms with Crippen molar-refractivity contribution in [3.63, 3.8) is 0 Å². The number of hydrogen-bond donors (Lipinski definition) is 7. The molecule has 0 bridgehead atoms. The Morgan fingerprint density at radius 2 is 2.04 bits per heavy atom. The van der Waals surface area contributed by atoms with Crippen LogP contribution in [0.4, 0.5) is 5.13 Å². The largest absolute Gasteiger partial charge is 0.481 e. The first-order valence-corrected chi connectivity index (χ1v) is 16.9. The van der Waals surface area contributed by atoms with E-state index in [2.05, 4.69) is 25.8 Å². The third-order valence-corrected chi connectivity index (χ3v) is 10.9. The van der Waals surface area contributed by atoms with Crippen LogP contribution in [0.5, 0.6) is 0 Å². The van der Waals surface area contributed by atoms with Crippen LogP contribution < -0.4 is 22.1 Å². The lowest BCUT2D eigenvalue weighted by Crippen LogP contribution is -2.71. The van der Waals surface area contributed by atoms with E-state index < -0.39 is 59.3 Å². The summed E-state index contributed by atoms with van der Waals surface area (Å²) in [6, 6.07) is -0.511. The van der Waals surface area contributed by atoms with Gasteiger partial charge in [0.2, 0.25) is 5.91 Å². The molecule has 2 aromatic rings. The fourth-order valence-electron chi connectivity index (χ4n) is 4.14. The Morgan fingerprint density at radius 1 is 1.29 bits per heavy atom. The molecule has 0 aromatic carbocycles. The van der Waals surface area contributed by atoms with E-state index in [0.29, 0.717) is 16.4 Å². The maximum Gasteiger partial charge on any atom is 0.353 e. The van der Waals surface area contributed by atoms with Crippen LogP contribution in [0.15, 0.2) is 39.1 Å². The molecule has 0 spiro atoms. The van der Waals surface area contributed by atoms with Crippen molar-refractivity contribution in [2.24, 2.45) is 10.9 Å². The molecule has 9 N–H and O–H groups in total. The van der Waals surface area contributed by atoms with Gasteiger partial charge < -0.3 is 37.5 Å². The molecule has 2 aliphatic heterocycles.